The second-order valence-corrected chi connectivity index (χ2v) is 4.46. The van der Waals surface area contributed by atoms with Gasteiger partial charge >= 0.3 is 12.0 Å². The molecule has 1 unspecified atom stereocenters. The molecule has 0 aromatic carbocycles. The Balaban J connectivity index is 2.20. The summed E-state index contributed by atoms with van der Waals surface area (Å²) in [5, 5.41) is 18.0. The average molecular weight is 268 g/mol. The van der Waals surface area contributed by atoms with Gasteiger partial charge in [0.25, 0.3) is 0 Å². The van der Waals surface area contributed by atoms with Gasteiger partial charge in [-0.2, -0.15) is 5.10 Å². The maximum atomic E-state index is 11.6. The van der Waals surface area contributed by atoms with Crippen molar-refractivity contribution in [1.82, 2.24) is 20.4 Å². The highest BCUT2D eigenvalue weighted by atomic mass is 16.4. The maximum Gasteiger partial charge on any atom is 0.315 e. The summed E-state index contributed by atoms with van der Waals surface area (Å²) in [5.74, 6) is -0.812. The first-order valence-electron chi connectivity index (χ1n) is 6.22. The highest BCUT2D eigenvalue weighted by molar-refractivity contribution is 5.74. The fourth-order valence-electron chi connectivity index (χ4n) is 1.65. The zero-order valence-corrected chi connectivity index (χ0v) is 11.2. The third kappa shape index (κ3) is 5.89. The largest absolute Gasteiger partial charge is 0.481 e. The lowest BCUT2D eigenvalue weighted by Gasteiger charge is -2.14. The first-order valence-corrected chi connectivity index (χ1v) is 6.22. The van der Waals surface area contributed by atoms with Crippen molar-refractivity contribution >= 4 is 12.0 Å². The molecule has 106 valence electrons. The third-order valence-electron chi connectivity index (χ3n) is 2.76. The van der Waals surface area contributed by atoms with Crippen LogP contribution in [0, 0.1) is 0 Å². The lowest BCUT2D eigenvalue weighted by molar-refractivity contribution is -0.137. The zero-order valence-electron chi connectivity index (χ0n) is 11.2. The molecule has 0 saturated heterocycles. The Morgan fingerprint density at radius 1 is 1.53 bits per heavy atom. The summed E-state index contributed by atoms with van der Waals surface area (Å²) >= 11 is 0. The van der Waals surface area contributed by atoms with E-state index in [2.05, 4.69) is 15.7 Å². The monoisotopic (exact) mass is 268 g/mol. The molecule has 2 amide bonds. The van der Waals surface area contributed by atoms with Crippen LogP contribution in [0.25, 0.3) is 0 Å². The molecular weight excluding hydrogens is 248 g/mol. The van der Waals surface area contributed by atoms with Gasteiger partial charge in [0.2, 0.25) is 0 Å². The number of carboxylic acid groups (broad SMARTS) is 1. The molecule has 0 aliphatic heterocycles. The van der Waals surface area contributed by atoms with Crippen molar-refractivity contribution in [1.29, 1.82) is 0 Å². The summed E-state index contributed by atoms with van der Waals surface area (Å²) in [6.45, 7) is 2.26. The summed E-state index contributed by atoms with van der Waals surface area (Å²) < 4.78 is 1.69. The highest BCUT2D eigenvalue weighted by Crippen LogP contribution is 2.00. The first-order chi connectivity index (χ1) is 8.99. The number of amides is 2. The molecule has 0 aliphatic carbocycles. The van der Waals surface area contributed by atoms with E-state index in [1.54, 1.807) is 10.9 Å². The smallest absolute Gasteiger partial charge is 0.315 e. The Labute approximate surface area is 112 Å². The van der Waals surface area contributed by atoms with E-state index in [4.69, 9.17) is 5.11 Å². The van der Waals surface area contributed by atoms with E-state index in [-0.39, 0.29) is 18.5 Å². The number of nitrogens with one attached hydrogen (secondary N) is 2. The van der Waals surface area contributed by atoms with Crippen LogP contribution in [0.1, 0.15) is 31.9 Å². The Morgan fingerprint density at radius 3 is 2.84 bits per heavy atom. The number of carbonyl (C=O) groups is 2. The second-order valence-electron chi connectivity index (χ2n) is 4.46. The van der Waals surface area contributed by atoms with Gasteiger partial charge in [-0.05, 0) is 25.8 Å². The van der Waals surface area contributed by atoms with Crippen LogP contribution in [-0.4, -0.2) is 32.9 Å². The van der Waals surface area contributed by atoms with Crippen LogP contribution in [0.5, 0.6) is 0 Å². The average Bonchev–Trinajstić information content (AvgIpc) is 2.71. The molecule has 19 heavy (non-hydrogen) atoms. The van der Waals surface area contributed by atoms with E-state index in [1.807, 2.05) is 20.0 Å². The highest BCUT2D eigenvalue weighted by Gasteiger charge is 2.08. The van der Waals surface area contributed by atoms with Crippen molar-refractivity contribution in [2.45, 2.75) is 38.8 Å². The van der Waals surface area contributed by atoms with Gasteiger partial charge in [-0.15, -0.1) is 0 Å². The normalized spacial score (nSPS) is 11.9. The number of carboxylic acids is 1. The fourth-order valence-corrected chi connectivity index (χ4v) is 1.65. The molecular formula is C12H20N4O3. The lowest BCUT2D eigenvalue weighted by atomic mass is 10.1. The van der Waals surface area contributed by atoms with Gasteiger partial charge in [0.1, 0.15) is 0 Å². The molecule has 0 radical (unpaired) electrons. The molecule has 0 bridgehead atoms. The predicted molar refractivity (Wildman–Crippen MR) is 69.5 cm³/mol. The minimum atomic E-state index is -0.812. The molecule has 1 atom stereocenters. The molecule has 7 heteroatoms. The van der Waals surface area contributed by atoms with Crippen LogP contribution < -0.4 is 10.6 Å². The maximum absolute atomic E-state index is 11.6. The summed E-state index contributed by atoms with van der Waals surface area (Å²) in [7, 11) is 1.81. The number of carbonyl (C=O) groups excluding carboxylic acids is 1. The van der Waals surface area contributed by atoms with E-state index >= 15 is 0 Å². The quantitative estimate of drug-likeness (QED) is 0.683. The van der Waals surface area contributed by atoms with Gasteiger partial charge in [0.15, 0.2) is 0 Å². The lowest BCUT2D eigenvalue weighted by Crippen LogP contribution is -2.40. The summed E-state index contributed by atoms with van der Waals surface area (Å²) in [6.07, 6.45) is 3.00. The van der Waals surface area contributed by atoms with Crippen LogP contribution >= 0.6 is 0 Å². The number of rotatable bonds is 7. The number of hydrogen-bond donors (Lipinski definition) is 3. The van der Waals surface area contributed by atoms with E-state index in [9.17, 15) is 9.59 Å². The Morgan fingerprint density at radius 2 is 2.26 bits per heavy atom. The number of urea groups is 1. The van der Waals surface area contributed by atoms with Crippen LogP contribution in [0.15, 0.2) is 12.3 Å². The molecule has 1 heterocycles. The Bertz CT molecular complexity index is 430. The van der Waals surface area contributed by atoms with Gasteiger partial charge in [0, 0.05) is 25.7 Å². The molecule has 1 aromatic rings. The molecule has 7 nitrogen and oxygen atoms in total. The second kappa shape index (κ2) is 7.40. The Hall–Kier alpha value is -2.05. The van der Waals surface area contributed by atoms with Gasteiger partial charge < -0.3 is 15.7 Å². The zero-order chi connectivity index (χ0) is 14.3. The van der Waals surface area contributed by atoms with Gasteiger partial charge in [0.05, 0.1) is 12.2 Å². The van der Waals surface area contributed by atoms with Crippen LogP contribution in [0.3, 0.4) is 0 Å². The molecule has 0 fully saturated rings. The number of aliphatic carboxylic acids is 1. The van der Waals surface area contributed by atoms with Crippen LogP contribution in [-0.2, 0) is 18.4 Å². The van der Waals surface area contributed by atoms with E-state index < -0.39 is 5.97 Å². The van der Waals surface area contributed by atoms with E-state index in [0.717, 1.165) is 5.69 Å². The molecule has 0 aliphatic rings. The Kier molecular flexibility index (Phi) is 5.84. The van der Waals surface area contributed by atoms with E-state index in [1.165, 1.54) is 0 Å². The molecule has 0 spiro atoms. The number of aryl methyl sites for hydroxylation is 1. The summed E-state index contributed by atoms with van der Waals surface area (Å²) in [6, 6.07) is 1.52. The van der Waals surface area contributed by atoms with Gasteiger partial charge in [-0.25, -0.2) is 4.79 Å². The minimum absolute atomic E-state index is 0.0501. The van der Waals surface area contributed by atoms with Crippen LogP contribution in [0.4, 0.5) is 4.79 Å². The minimum Gasteiger partial charge on any atom is -0.481 e. The van der Waals surface area contributed by atoms with Crippen molar-refractivity contribution in [3.8, 4) is 0 Å². The number of nitrogens with zero attached hydrogens (tertiary/aromatic N) is 2. The topological polar surface area (TPSA) is 96.2 Å². The SMILES string of the molecule is CC(CCCC(=O)O)NC(=O)NCc1ccnn1C. The third-order valence-corrected chi connectivity index (χ3v) is 2.76. The fraction of sp³-hybridized carbons (Fsp3) is 0.583. The molecule has 1 aromatic heterocycles. The number of aromatic nitrogens is 2. The van der Waals surface area contributed by atoms with E-state index in [0.29, 0.717) is 19.4 Å². The molecule has 0 saturated carbocycles. The standard InChI is InChI=1S/C12H20N4O3/c1-9(4-3-5-11(17)18)15-12(19)13-8-10-6-7-14-16(10)2/h6-7,9H,3-5,8H2,1-2H3,(H,17,18)(H2,13,15,19). The van der Waals surface area contributed by atoms with Crippen molar-refractivity contribution in [2.75, 3.05) is 0 Å². The molecule has 3 N–H and O–H groups in total. The van der Waals surface area contributed by atoms with Crippen molar-refractivity contribution in [2.24, 2.45) is 7.05 Å². The summed E-state index contributed by atoms with van der Waals surface area (Å²) in [4.78, 5) is 21.9. The predicted octanol–water partition coefficient (Wildman–Crippen LogP) is 0.863. The van der Waals surface area contributed by atoms with Crippen molar-refractivity contribution < 1.29 is 14.7 Å². The summed E-state index contributed by atoms with van der Waals surface area (Å²) in [5.41, 5.74) is 0.911. The van der Waals surface area contributed by atoms with Crippen molar-refractivity contribution in [3.05, 3.63) is 18.0 Å². The van der Waals surface area contributed by atoms with Gasteiger partial charge in [-0.1, -0.05) is 0 Å². The number of hydrogen-bond acceptors (Lipinski definition) is 3. The first kappa shape index (κ1) is 15.0. The molecule has 1 rings (SSSR count). The van der Waals surface area contributed by atoms with Crippen molar-refractivity contribution in [3.63, 3.8) is 0 Å². The van der Waals surface area contributed by atoms with Crippen LogP contribution in [0.2, 0.25) is 0 Å². The van der Waals surface area contributed by atoms with Gasteiger partial charge in [-0.3, -0.25) is 9.48 Å².